The van der Waals surface area contributed by atoms with Crippen LogP contribution in [-0.2, 0) is 10.4 Å². The van der Waals surface area contributed by atoms with Gasteiger partial charge >= 0.3 is 0 Å². The minimum atomic E-state index is -1.00. The molecule has 0 spiro atoms. The largest absolute Gasteiger partial charge is 0.384 e. The molecule has 108 valence electrons. The van der Waals surface area contributed by atoms with Gasteiger partial charge in [-0.25, -0.2) is 0 Å². The highest BCUT2D eigenvalue weighted by molar-refractivity contribution is 5.82. The first-order valence-electron chi connectivity index (χ1n) is 7.65. The van der Waals surface area contributed by atoms with Gasteiger partial charge < -0.3 is 10.4 Å². The number of aliphatic hydroxyl groups is 1. The number of carbonyl (C=O) groups is 1. The highest BCUT2D eigenvalue weighted by atomic mass is 16.3. The van der Waals surface area contributed by atoms with Crippen LogP contribution in [0.1, 0.15) is 38.2 Å². The highest BCUT2D eigenvalue weighted by Crippen LogP contribution is 2.55. The van der Waals surface area contributed by atoms with Crippen LogP contribution < -0.4 is 5.32 Å². The summed E-state index contributed by atoms with van der Waals surface area (Å²) in [5, 5.41) is 13.4. The first-order valence-corrected chi connectivity index (χ1v) is 7.65. The van der Waals surface area contributed by atoms with Crippen LogP contribution in [0.25, 0.3) is 0 Å². The molecule has 1 aromatic rings. The standard InChI is InChI=1S/C17H23NO2/c1-17(20,12-7-3-2-4-8-12)11-18-16(19)15-13-9-5-6-10-14(13)15/h2-4,7-8,13-15,20H,5-6,9-11H2,1H3,(H,18,19). The Kier molecular flexibility index (Phi) is 3.55. The lowest BCUT2D eigenvalue weighted by molar-refractivity contribution is -0.124. The molecule has 20 heavy (non-hydrogen) atoms. The first-order chi connectivity index (χ1) is 9.59. The molecule has 1 aromatic carbocycles. The van der Waals surface area contributed by atoms with Crippen molar-refractivity contribution in [3.8, 4) is 0 Å². The van der Waals surface area contributed by atoms with Crippen molar-refractivity contribution in [1.82, 2.24) is 5.32 Å². The third kappa shape index (κ3) is 2.59. The van der Waals surface area contributed by atoms with Gasteiger partial charge in [-0.3, -0.25) is 4.79 Å². The molecule has 0 aliphatic heterocycles. The Morgan fingerprint density at radius 2 is 1.85 bits per heavy atom. The van der Waals surface area contributed by atoms with E-state index < -0.39 is 5.60 Å². The Labute approximate surface area is 120 Å². The molecule has 2 fully saturated rings. The van der Waals surface area contributed by atoms with E-state index in [2.05, 4.69) is 5.32 Å². The topological polar surface area (TPSA) is 49.3 Å². The first kappa shape index (κ1) is 13.6. The molecule has 0 aromatic heterocycles. The highest BCUT2D eigenvalue weighted by Gasteiger charge is 2.54. The molecule has 2 aliphatic carbocycles. The number of hydrogen-bond donors (Lipinski definition) is 2. The van der Waals surface area contributed by atoms with Gasteiger partial charge in [0.1, 0.15) is 5.60 Å². The van der Waals surface area contributed by atoms with Crippen LogP contribution in [0.5, 0.6) is 0 Å². The van der Waals surface area contributed by atoms with E-state index in [-0.39, 0.29) is 18.4 Å². The number of nitrogens with one attached hydrogen (secondary N) is 1. The predicted octanol–water partition coefficient (Wildman–Crippen LogP) is 2.45. The van der Waals surface area contributed by atoms with Gasteiger partial charge in [0.15, 0.2) is 0 Å². The summed E-state index contributed by atoms with van der Waals surface area (Å²) in [5.41, 5.74) is -0.162. The summed E-state index contributed by atoms with van der Waals surface area (Å²) in [5.74, 6) is 1.58. The van der Waals surface area contributed by atoms with Crippen molar-refractivity contribution in [2.24, 2.45) is 17.8 Å². The van der Waals surface area contributed by atoms with Crippen molar-refractivity contribution in [1.29, 1.82) is 0 Å². The Hall–Kier alpha value is -1.35. The summed E-state index contributed by atoms with van der Waals surface area (Å²) >= 11 is 0. The summed E-state index contributed by atoms with van der Waals surface area (Å²) in [4.78, 5) is 12.2. The summed E-state index contributed by atoms with van der Waals surface area (Å²) < 4.78 is 0. The monoisotopic (exact) mass is 273 g/mol. The average molecular weight is 273 g/mol. The zero-order valence-corrected chi connectivity index (χ0v) is 12.0. The van der Waals surface area contributed by atoms with E-state index >= 15 is 0 Å². The van der Waals surface area contributed by atoms with E-state index in [1.807, 2.05) is 30.3 Å². The maximum Gasteiger partial charge on any atom is 0.223 e. The number of hydrogen-bond acceptors (Lipinski definition) is 2. The Morgan fingerprint density at radius 1 is 1.25 bits per heavy atom. The second-order valence-corrected chi connectivity index (χ2v) is 6.50. The number of amides is 1. The Balaban J connectivity index is 1.55. The molecule has 3 atom stereocenters. The van der Waals surface area contributed by atoms with Gasteiger partial charge in [-0.05, 0) is 37.2 Å². The van der Waals surface area contributed by atoms with Crippen LogP contribution in [0.15, 0.2) is 30.3 Å². The van der Waals surface area contributed by atoms with Crippen molar-refractivity contribution in [3.05, 3.63) is 35.9 Å². The summed E-state index contributed by atoms with van der Waals surface area (Å²) in [6.45, 7) is 2.04. The molecule has 0 saturated heterocycles. The Morgan fingerprint density at radius 3 is 2.45 bits per heavy atom. The quantitative estimate of drug-likeness (QED) is 0.885. The van der Waals surface area contributed by atoms with Crippen molar-refractivity contribution in [2.45, 2.75) is 38.2 Å². The van der Waals surface area contributed by atoms with Gasteiger partial charge in [-0.15, -0.1) is 0 Å². The number of carbonyl (C=O) groups excluding carboxylic acids is 1. The van der Waals surface area contributed by atoms with E-state index in [1.165, 1.54) is 25.7 Å². The van der Waals surface area contributed by atoms with Crippen LogP contribution in [0.3, 0.4) is 0 Å². The molecule has 0 heterocycles. The lowest BCUT2D eigenvalue weighted by Crippen LogP contribution is -2.39. The van der Waals surface area contributed by atoms with Crippen LogP contribution in [0.4, 0.5) is 0 Å². The van der Waals surface area contributed by atoms with Gasteiger partial charge in [-0.2, -0.15) is 0 Å². The number of rotatable bonds is 4. The molecule has 2 N–H and O–H groups in total. The third-order valence-corrected chi connectivity index (χ3v) is 4.96. The molecular formula is C17H23NO2. The normalized spacial score (nSPS) is 31.0. The molecule has 3 rings (SSSR count). The molecule has 3 unspecified atom stereocenters. The fraction of sp³-hybridized carbons (Fsp3) is 0.588. The fourth-order valence-electron chi connectivity index (χ4n) is 3.66. The molecule has 2 saturated carbocycles. The molecule has 3 nitrogen and oxygen atoms in total. The summed E-state index contributed by atoms with van der Waals surface area (Å²) in [7, 11) is 0. The van der Waals surface area contributed by atoms with Gasteiger partial charge in [0.2, 0.25) is 5.91 Å². The minimum Gasteiger partial charge on any atom is -0.384 e. The van der Waals surface area contributed by atoms with Crippen LogP contribution >= 0.6 is 0 Å². The smallest absolute Gasteiger partial charge is 0.223 e. The maximum atomic E-state index is 12.2. The third-order valence-electron chi connectivity index (χ3n) is 4.96. The maximum absolute atomic E-state index is 12.2. The molecule has 2 aliphatic rings. The number of benzene rings is 1. The zero-order chi connectivity index (χ0) is 14.2. The summed E-state index contributed by atoms with van der Waals surface area (Å²) in [6, 6.07) is 9.52. The van der Waals surface area contributed by atoms with Crippen LogP contribution in [0, 0.1) is 17.8 Å². The Bertz CT molecular complexity index is 471. The van der Waals surface area contributed by atoms with Crippen molar-refractivity contribution < 1.29 is 9.90 Å². The lowest BCUT2D eigenvalue weighted by Gasteiger charge is -2.24. The van der Waals surface area contributed by atoms with Gasteiger partial charge in [0.25, 0.3) is 0 Å². The van der Waals surface area contributed by atoms with Crippen LogP contribution in [0.2, 0.25) is 0 Å². The van der Waals surface area contributed by atoms with Crippen LogP contribution in [-0.4, -0.2) is 17.6 Å². The summed E-state index contributed by atoms with van der Waals surface area (Å²) in [6.07, 6.45) is 4.95. The van der Waals surface area contributed by atoms with E-state index in [1.54, 1.807) is 6.92 Å². The SMILES string of the molecule is CC(O)(CNC(=O)C1C2CCCCC21)c1ccccc1. The van der Waals surface area contributed by atoms with Crippen molar-refractivity contribution in [2.75, 3.05) is 6.54 Å². The van der Waals surface area contributed by atoms with Crippen molar-refractivity contribution >= 4 is 5.91 Å². The minimum absolute atomic E-state index is 0.137. The molecule has 1 amide bonds. The van der Waals surface area contributed by atoms with Gasteiger partial charge in [-0.1, -0.05) is 43.2 Å². The molecule has 0 bridgehead atoms. The predicted molar refractivity (Wildman–Crippen MR) is 78.0 cm³/mol. The number of fused-ring (bicyclic) bond motifs is 1. The zero-order valence-electron chi connectivity index (χ0n) is 12.0. The second-order valence-electron chi connectivity index (χ2n) is 6.50. The van der Waals surface area contributed by atoms with E-state index in [0.29, 0.717) is 11.8 Å². The van der Waals surface area contributed by atoms with E-state index in [0.717, 1.165) is 5.56 Å². The second kappa shape index (κ2) is 5.21. The average Bonchev–Trinajstić information content (AvgIpc) is 3.20. The molecule has 3 heteroatoms. The van der Waals surface area contributed by atoms with E-state index in [9.17, 15) is 9.90 Å². The van der Waals surface area contributed by atoms with Crippen molar-refractivity contribution in [3.63, 3.8) is 0 Å². The van der Waals surface area contributed by atoms with Gasteiger partial charge in [0, 0.05) is 5.92 Å². The van der Waals surface area contributed by atoms with E-state index in [4.69, 9.17) is 0 Å². The molecule has 0 radical (unpaired) electrons. The fourth-order valence-corrected chi connectivity index (χ4v) is 3.66. The molecular weight excluding hydrogens is 250 g/mol. The lowest BCUT2D eigenvalue weighted by atomic mass is 9.96. The van der Waals surface area contributed by atoms with Gasteiger partial charge in [0.05, 0.1) is 6.54 Å².